The zero-order valence-electron chi connectivity index (χ0n) is 24.2. The lowest BCUT2D eigenvalue weighted by Crippen LogP contribution is -2.39. The van der Waals surface area contributed by atoms with Crippen LogP contribution < -0.4 is 5.32 Å². The standard InChI is InChI=1S/C30H32F6N2O5S2/c1-2-43-28(40)20-10-14-38(15-11-20)25(39)9-7-19-6-8-24(27(30(34,35)36)26(19)29(31,32)33)44-23-5-3-4-22(18-23)37-21-12-16-45(41,42)17-13-21/h3-9,18,20-21,37H,2,10-17H2,1H3. The van der Waals surface area contributed by atoms with E-state index in [9.17, 15) is 44.3 Å². The Labute approximate surface area is 261 Å². The van der Waals surface area contributed by atoms with Crippen LogP contribution in [0.2, 0.25) is 0 Å². The average Bonchev–Trinajstić information content (AvgIpc) is 2.96. The van der Waals surface area contributed by atoms with Crippen molar-refractivity contribution in [3.8, 4) is 0 Å². The number of benzene rings is 2. The minimum absolute atomic E-state index is 0.00857. The summed E-state index contributed by atoms with van der Waals surface area (Å²) in [5.74, 6) is -1.46. The monoisotopic (exact) mass is 678 g/mol. The normalized spacial score (nSPS) is 18.2. The third-order valence-corrected chi connectivity index (χ3v) is 10.4. The molecule has 1 amide bonds. The van der Waals surface area contributed by atoms with E-state index in [2.05, 4.69) is 5.32 Å². The number of carbonyl (C=O) groups excluding carboxylic acids is 2. The van der Waals surface area contributed by atoms with Gasteiger partial charge < -0.3 is 15.0 Å². The number of halogens is 6. The molecule has 2 aliphatic heterocycles. The van der Waals surface area contributed by atoms with Crippen molar-refractivity contribution >= 4 is 45.2 Å². The summed E-state index contributed by atoms with van der Waals surface area (Å²) in [6.45, 7) is 2.17. The van der Waals surface area contributed by atoms with E-state index < -0.39 is 61.6 Å². The molecule has 0 bridgehead atoms. The zero-order valence-corrected chi connectivity index (χ0v) is 25.8. The van der Waals surface area contributed by atoms with Gasteiger partial charge in [-0.05, 0) is 68.5 Å². The topological polar surface area (TPSA) is 92.8 Å². The summed E-state index contributed by atoms with van der Waals surface area (Å²) in [6, 6.07) is 7.83. The fourth-order valence-electron chi connectivity index (χ4n) is 5.32. The fraction of sp³-hybridized carbons (Fsp3) is 0.467. The number of rotatable bonds is 8. The molecule has 4 rings (SSSR count). The smallest absolute Gasteiger partial charge is 0.418 e. The molecular weight excluding hydrogens is 646 g/mol. The van der Waals surface area contributed by atoms with E-state index in [1.165, 1.54) is 17.0 Å². The van der Waals surface area contributed by atoms with Crippen molar-refractivity contribution in [2.75, 3.05) is 36.5 Å². The van der Waals surface area contributed by atoms with Gasteiger partial charge in [0.2, 0.25) is 5.91 Å². The van der Waals surface area contributed by atoms with E-state index in [0.717, 1.165) is 24.3 Å². The molecule has 2 heterocycles. The van der Waals surface area contributed by atoms with Crippen LogP contribution in [0.3, 0.4) is 0 Å². The Morgan fingerprint density at radius 2 is 1.62 bits per heavy atom. The van der Waals surface area contributed by atoms with Crippen LogP contribution in [0.5, 0.6) is 0 Å². The van der Waals surface area contributed by atoms with Crippen LogP contribution in [-0.2, 0) is 36.5 Å². The van der Waals surface area contributed by atoms with Crippen LogP contribution in [0.4, 0.5) is 32.0 Å². The third-order valence-electron chi connectivity index (χ3n) is 7.59. The maximum atomic E-state index is 14.3. The van der Waals surface area contributed by atoms with Crippen molar-refractivity contribution < 1.29 is 49.1 Å². The molecule has 15 heteroatoms. The quantitative estimate of drug-likeness (QED) is 0.189. The number of nitrogens with zero attached hydrogens (tertiary/aromatic N) is 1. The predicted molar refractivity (Wildman–Crippen MR) is 157 cm³/mol. The maximum Gasteiger partial charge on any atom is 0.418 e. The van der Waals surface area contributed by atoms with Gasteiger partial charge in [-0.1, -0.05) is 23.9 Å². The van der Waals surface area contributed by atoms with Crippen molar-refractivity contribution in [1.29, 1.82) is 0 Å². The molecule has 2 saturated heterocycles. The number of amides is 1. The molecule has 2 aromatic carbocycles. The number of hydrogen-bond donors (Lipinski definition) is 1. The fourth-order valence-corrected chi connectivity index (χ4v) is 7.85. The van der Waals surface area contributed by atoms with E-state index in [1.54, 1.807) is 19.1 Å². The van der Waals surface area contributed by atoms with E-state index in [0.29, 0.717) is 43.1 Å². The van der Waals surface area contributed by atoms with Gasteiger partial charge in [0.05, 0.1) is 35.2 Å². The van der Waals surface area contributed by atoms with Crippen LogP contribution in [0.25, 0.3) is 6.08 Å². The SMILES string of the molecule is CCOC(=O)C1CCN(C(=O)C=Cc2ccc(Sc3cccc(NC4CCS(=O)(=O)CC4)c3)c(C(F)(F)F)c2C(F)(F)F)CC1. The molecule has 0 unspecified atom stereocenters. The minimum atomic E-state index is -5.40. The Balaban J connectivity index is 1.57. The van der Waals surface area contributed by atoms with Crippen molar-refractivity contribution in [3.63, 3.8) is 0 Å². The van der Waals surface area contributed by atoms with Gasteiger partial charge in [-0.25, -0.2) is 8.42 Å². The summed E-state index contributed by atoms with van der Waals surface area (Å²) in [7, 11) is -3.10. The average molecular weight is 679 g/mol. The van der Waals surface area contributed by atoms with Crippen LogP contribution in [-0.4, -0.2) is 62.4 Å². The summed E-state index contributed by atoms with van der Waals surface area (Å²) < 4.78 is 114. The highest BCUT2D eigenvalue weighted by Gasteiger charge is 2.46. The summed E-state index contributed by atoms with van der Waals surface area (Å²) in [6.07, 6.45) is -7.90. The van der Waals surface area contributed by atoms with Crippen molar-refractivity contribution in [2.24, 2.45) is 5.92 Å². The molecule has 0 radical (unpaired) electrons. The van der Waals surface area contributed by atoms with Gasteiger partial charge in [0, 0.05) is 40.7 Å². The summed E-state index contributed by atoms with van der Waals surface area (Å²) >= 11 is 0.516. The van der Waals surface area contributed by atoms with Gasteiger partial charge in [0.25, 0.3) is 0 Å². The molecule has 0 atom stereocenters. The first-order chi connectivity index (χ1) is 21.1. The van der Waals surface area contributed by atoms with Crippen molar-refractivity contribution in [2.45, 2.75) is 60.8 Å². The second-order valence-corrected chi connectivity index (χ2v) is 14.2. The number of likely N-dealkylation sites (tertiary alicyclic amines) is 1. The molecule has 1 N–H and O–H groups in total. The van der Waals surface area contributed by atoms with Gasteiger partial charge >= 0.3 is 18.3 Å². The van der Waals surface area contributed by atoms with Gasteiger partial charge in [0.1, 0.15) is 9.84 Å². The van der Waals surface area contributed by atoms with Crippen LogP contribution in [0, 0.1) is 5.92 Å². The van der Waals surface area contributed by atoms with Crippen molar-refractivity contribution in [3.05, 3.63) is 59.2 Å². The van der Waals surface area contributed by atoms with E-state index in [1.807, 2.05) is 0 Å². The van der Waals surface area contributed by atoms with Gasteiger partial charge in [0.15, 0.2) is 0 Å². The van der Waals surface area contributed by atoms with Gasteiger partial charge in [-0.15, -0.1) is 0 Å². The molecule has 246 valence electrons. The lowest BCUT2D eigenvalue weighted by Gasteiger charge is -2.30. The third kappa shape index (κ3) is 9.18. The molecule has 0 spiro atoms. The van der Waals surface area contributed by atoms with Gasteiger partial charge in [-0.3, -0.25) is 9.59 Å². The molecule has 2 fully saturated rings. The van der Waals surface area contributed by atoms with Crippen molar-refractivity contribution in [1.82, 2.24) is 4.90 Å². The number of nitrogens with one attached hydrogen (secondary N) is 1. The van der Waals surface area contributed by atoms with Gasteiger partial charge in [-0.2, -0.15) is 26.3 Å². The highest BCUT2D eigenvalue weighted by Crippen LogP contribution is 2.48. The molecule has 7 nitrogen and oxygen atoms in total. The van der Waals surface area contributed by atoms with Crippen LogP contribution in [0.1, 0.15) is 49.3 Å². The van der Waals surface area contributed by atoms with Crippen LogP contribution in [0.15, 0.2) is 52.3 Å². The first kappa shape index (κ1) is 34.7. The molecule has 0 aliphatic carbocycles. The number of piperidine rings is 1. The van der Waals surface area contributed by atoms with E-state index in [-0.39, 0.29) is 42.1 Å². The highest BCUT2D eigenvalue weighted by atomic mass is 32.2. The number of anilines is 1. The number of alkyl halides is 6. The largest absolute Gasteiger partial charge is 0.466 e. The summed E-state index contributed by atoms with van der Waals surface area (Å²) in [4.78, 5) is 25.5. The Bertz CT molecular complexity index is 1520. The Morgan fingerprint density at radius 3 is 2.22 bits per heavy atom. The number of hydrogen-bond acceptors (Lipinski definition) is 7. The van der Waals surface area contributed by atoms with E-state index in [4.69, 9.17) is 4.74 Å². The number of sulfone groups is 1. The lowest BCUT2D eigenvalue weighted by molar-refractivity contribution is -0.163. The highest BCUT2D eigenvalue weighted by molar-refractivity contribution is 7.99. The first-order valence-electron chi connectivity index (χ1n) is 14.3. The molecule has 45 heavy (non-hydrogen) atoms. The summed E-state index contributed by atoms with van der Waals surface area (Å²) in [5, 5.41) is 3.15. The second-order valence-electron chi connectivity index (χ2n) is 10.8. The zero-order chi connectivity index (χ0) is 33.0. The predicted octanol–water partition coefficient (Wildman–Crippen LogP) is 6.68. The Morgan fingerprint density at radius 1 is 0.978 bits per heavy atom. The van der Waals surface area contributed by atoms with Crippen LogP contribution >= 0.6 is 11.8 Å². The Hall–Kier alpha value is -3.20. The number of ether oxygens (including phenoxy) is 1. The van der Waals surface area contributed by atoms with E-state index >= 15 is 0 Å². The Kier molecular flexibility index (Phi) is 10.8. The molecular formula is C30H32F6N2O5S2. The molecule has 0 aromatic heterocycles. The molecule has 2 aliphatic rings. The summed E-state index contributed by atoms with van der Waals surface area (Å²) in [5.41, 5.74) is -4.07. The number of carbonyl (C=O) groups is 2. The minimum Gasteiger partial charge on any atom is -0.466 e. The molecule has 2 aromatic rings. The first-order valence-corrected chi connectivity index (χ1v) is 16.9. The lowest BCUT2D eigenvalue weighted by atomic mass is 9.96. The maximum absolute atomic E-state index is 14.3. The second kappa shape index (κ2) is 14.1. The number of esters is 1. The molecule has 0 saturated carbocycles.